The number of benzene rings is 1. The summed E-state index contributed by atoms with van der Waals surface area (Å²) in [7, 11) is 2.88. The highest BCUT2D eigenvalue weighted by Crippen LogP contribution is 2.41. The molecule has 0 aromatic heterocycles. The number of unbranched alkanes of at least 4 members (excludes halogenated alkanes) is 1. The quantitative estimate of drug-likeness (QED) is 0.579. The number of likely N-dealkylation sites (tertiary alicyclic amines) is 1. The molecule has 27 heavy (non-hydrogen) atoms. The van der Waals surface area contributed by atoms with Crippen LogP contribution in [0.5, 0.6) is 11.5 Å². The lowest BCUT2D eigenvalue weighted by atomic mass is 9.93. The van der Waals surface area contributed by atoms with Crippen molar-refractivity contribution < 1.29 is 19.4 Å². The van der Waals surface area contributed by atoms with Gasteiger partial charge in [0.25, 0.3) is 5.91 Å². The highest BCUT2D eigenvalue weighted by atomic mass is 35.5. The molecule has 1 fully saturated rings. The van der Waals surface area contributed by atoms with Gasteiger partial charge in [0.15, 0.2) is 11.5 Å². The lowest BCUT2D eigenvalue weighted by Crippen LogP contribution is -2.47. The van der Waals surface area contributed by atoms with Crippen molar-refractivity contribution >= 4 is 23.2 Å². The number of rotatable bonds is 8. The van der Waals surface area contributed by atoms with E-state index in [0.29, 0.717) is 13.1 Å². The van der Waals surface area contributed by atoms with Gasteiger partial charge in [0.05, 0.1) is 36.6 Å². The van der Waals surface area contributed by atoms with Crippen LogP contribution in [-0.4, -0.2) is 62.4 Å². The Morgan fingerprint density at radius 2 is 2.11 bits per heavy atom. The second kappa shape index (κ2) is 10.0. The molecule has 152 valence electrons. The van der Waals surface area contributed by atoms with E-state index in [1.807, 2.05) is 0 Å². The minimum absolute atomic E-state index is 0.0176. The number of nitrogens with one attached hydrogen (secondary N) is 1. The van der Waals surface area contributed by atoms with Gasteiger partial charge < -0.3 is 30.5 Å². The number of hydrogen-bond donors (Lipinski definition) is 3. The maximum Gasteiger partial charge on any atom is 0.255 e. The van der Waals surface area contributed by atoms with E-state index in [-0.39, 0.29) is 39.6 Å². The summed E-state index contributed by atoms with van der Waals surface area (Å²) in [4.78, 5) is 15.0. The Kier molecular flexibility index (Phi) is 8.01. The van der Waals surface area contributed by atoms with Crippen molar-refractivity contribution in [1.82, 2.24) is 10.2 Å². The van der Waals surface area contributed by atoms with Crippen molar-refractivity contribution in [2.45, 2.75) is 32.3 Å². The Balaban J connectivity index is 2.01. The lowest BCUT2D eigenvalue weighted by molar-refractivity contribution is 0.0217. The minimum atomic E-state index is -0.456. The summed E-state index contributed by atoms with van der Waals surface area (Å²) in [5.74, 6) is 0.155. The first-order valence-corrected chi connectivity index (χ1v) is 9.69. The molecule has 1 aliphatic heterocycles. The van der Waals surface area contributed by atoms with Crippen molar-refractivity contribution in [3.63, 3.8) is 0 Å². The number of β-amino-alcohol motifs (C(OH)–C–C–N with tert-alkyl or cyclic N) is 1. The molecule has 2 atom stereocenters. The SMILES string of the molecule is CCCCN1CC[C@H](CNC(=O)c2cc(Cl)c(N)c(OC)c2OC)[C@@H](O)C1. The number of aliphatic hydroxyl groups excluding tert-OH is 1. The molecule has 1 aromatic rings. The molecule has 7 nitrogen and oxygen atoms in total. The number of aliphatic hydroxyl groups is 1. The number of nitrogen functional groups attached to an aromatic ring is 1. The van der Waals surface area contributed by atoms with Gasteiger partial charge in [-0.25, -0.2) is 0 Å². The predicted molar refractivity (Wildman–Crippen MR) is 107 cm³/mol. The fourth-order valence-electron chi connectivity index (χ4n) is 3.38. The van der Waals surface area contributed by atoms with Gasteiger partial charge in [0, 0.05) is 19.0 Å². The van der Waals surface area contributed by atoms with Gasteiger partial charge in [-0.05, 0) is 32.0 Å². The number of ether oxygens (including phenoxy) is 2. The van der Waals surface area contributed by atoms with Crippen molar-refractivity contribution in [1.29, 1.82) is 0 Å². The summed E-state index contributed by atoms with van der Waals surface area (Å²) in [5, 5.41) is 13.5. The van der Waals surface area contributed by atoms with Crippen LogP contribution in [0.1, 0.15) is 36.5 Å². The molecular weight excluding hydrogens is 370 g/mol. The van der Waals surface area contributed by atoms with E-state index < -0.39 is 6.10 Å². The van der Waals surface area contributed by atoms with E-state index in [2.05, 4.69) is 17.1 Å². The monoisotopic (exact) mass is 399 g/mol. The fraction of sp³-hybridized carbons (Fsp3) is 0.632. The molecular formula is C19H30ClN3O4. The van der Waals surface area contributed by atoms with Crippen LogP contribution < -0.4 is 20.5 Å². The van der Waals surface area contributed by atoms with E-state index in [9.17, 15) is 9.90 Å². The number of nitrogens with two attached hydrogens (primary N) is 1. The third kappa shape index (κ3) is 5.18. The summed E-state index contributed by atoms with van der Waals surface area (Å²) in [6, 6.07) is 1.47. The molecule has 2 rings (SSSR count). The van der Waals surface area contributed by atoms with Crippen LogP contribution in [0, 0.1) is 5.92 Å². The van der Waals surface area contributed by atoms with Crippen molar-refractivity contribution in [3.8, 4) is 11.5 Å². The summed E-state index contributed by atoms with van der Waals surface area (Å²) < 4.78 is 10.5. The molecule has 1 heterocycles. The molecule has 4 N–H and O–H groups in total. The Bertz CT molecular complexity index is 656. The first-order chi connectivity index (χ1) is 12.9. The van der Waals surface area contributed by atoms with Crippen LogP contribution in [0.25, 0.3) is 0 Å². The maximum absolute atomic E-state index is 12.7. The second-order valence-electron chi connectivity index (χ2n) is 6.87. The average molecular weight is 400 g/mol. The number of piperidine rings is 1. The van der Waals surface area contributed by atoms with Crippen LogP contribution in [0.4, 0.5) is 5.69 Å². The number of anilines is 1. The summed E-state index contributed by atoms with van der Waals surface area (Å²) in [6.07, 6.45) is 2.66. The number of amides is 1. The molecule has 1 aliphatic rings. The third-order valence-corrected chi connectivity index (χ3v) is 5.35. The first kappa shape index (κ1) is 21.6. The molecule has 0 radical (unpaired) electrons. The van der Waals surface area contributed by atoms with E-state index in [4.69, 9.17) is 26.8 Å². The number of nitrogens with zero attached hydrogens (tertiary/aromatic N) is 1. The molecule has 8 heteroatoms. The Morgan fingerprint density at radius 3 is 2.70 bits per heavy atom. The number of carbonyl (C=O) groups is 1. The summed E-state index contributed by atoms with van der Waals surface area (Å²) in [5.41, 5.74) is 6.37. The summed E-state index contributed by atoms with van der Waals surface area (Å²) >= 11 is 6.11. The zero-order valence-corrected chi connectivity index (χ0v) is 17.0. The highest BCUT2D eigenvalue weighted by molar-refractivity contribution is 6.34. The molecule has 0 spiro atoms. The average Bonchev–Trinajstić information content (AvgIpc) is 2.66. The number of halogens is 1. The summed E-state index contributed by atoms with van der Waals surface area (Å²) in [6.45, 7) is 5.13. The van der Waals surface area contributed by atoms with Crippen molar-refractivity contribution in [2.75, 3.05) is 46.1 Å². The van der Waals surface area contributed by atoms with E-state index >= 15 is 0 Å². The van der Waals surface area contributed by atoms with E-state index in [1.54, 1.807) is 0 Å². The zero-order chi connectivity index (χ0) is 20.0. The maximum atomic E-state index is 12.7. The van der Waals surface area contributed by atoms with Crippen LogP contribution in [0.15, 0.2) is 6.07 Å². The molecule has 0 aliphatic carbocycles. The van der Waals surface area contributed by atoms with Crippen molar-refractivity contribution in [3.05, 3.63) is 16.7 Å². The molecule has 1 amide bonds. The lowest BCUT2D eigenvalue weighted by Gasteiger charge is -2.36. The van der Waals surface area contributed by atoms with Gasteiger partial charge in [-0.3, -0.25) is 4.79 Å². The van der Waals surface area contributed by atoms with Gasteiger partial charge >= 0.3 is 0 Å². The highest BCUT2D eigenvalue weighted by Gasteiger charge is 2.28. The Labute approximate surface area is 165 Å². The molecule has 0 unspecified atom stereocenters. The minimum Gasteiger partial charge on any atom is -0.492 e. The number of carbonyl (C=O) groups excluding carboxylic acids is 1. The Hall–Kier alpha value is -1.70. The first-order valence-electron chi connectivity index (χ1n) is 9.31. The van der Waals surface area contributed by atoms with Crippen LogP contribution in [0.3, 0.4) is 0 Å². The predicted octanol–water partition coefficient (Wildman–Crippen LogP) is 2.15. The Morgan fingerprint density at radius 1 is 1.41 bits per heavy atom. The van der Waals surface area contributed by atoms with Gasteiger partial charge in [-0.15, -0.1) is 0 Å². The van der Waals surface area contributed by atoms with E-state index in [1.165, 1.54) is 20.3 Å². The third-order valence-electron chi connectivity index (χ3n) is 5.03. The second-order valence-corrected chi connectivity index (χ2v) is 7.27. The van der Waals surface area contributed by atoms with E-state index in [0.717, 1.165) is 32.4 Å². The van der Waals surface area contributed by atoms with Gasteiger partial charge in [-0.2, -0.15) is 0 Å². The number of hydrogen-bond acceptors (Lipinski definition) is 6. The number of methoxy groups -OCH3 is 2. The molecule has 1 aromatic carbocycles. The van der Waals surface area contributed by atoms with Crippen LogP contribution >= 0.6 is 11.6 Å². The topological polar surface area (TPSA) is 97.1 Å². The normalized spacial score (nSPS) is 20.3. The smallest absolute Gasteiger partial charge is 0.255 e. The van der Waals surface area contributed by atoms with Gasteiger partial charge in [-0.1, -0.05) is 24.9 Å². The zero-order valence-electron chi connectivity index (χ0n) is 16.3. The van der Waals surface area contributed by atoms with Gasteiger partial charge in [0.1, 0.15) is 0 Å². The standard InChI is InChI=1S/C19H30ClN3O4/c1-4-5-7-23-8-6-12(15(24)11-23)10-22-19(25)13-9-14(20)16(21)18(27-3)17(13)26-2/h9,12,15,24H,4-8,10-11,21H2,1-3H3,(H,22,25)/t12-,15+/m1/s1. The van der Waals surface area contributed by atoms with Crippen molar-refractivity contribution in [2.24, 2.45) is 5.92 Å². The molecule has 0 saturated carbocycles. The van der Waals surface area contributed by atoms with Crippen LogP contribution in [0.2, 0.25) is 5.02 Å². The largest absolute Gasteiger partial charge is 0.492 e. The van der Waals surface area contributed by atoms with Crippen LogP contribution in [-0.2, 0) is 0 Å². The van der Waals surface area contributed by atoms with Gasteiger partial charge in [0.2, 0.25) is 0 Å². The fourth-order valence-corrected chi connectivity index (χ4v) is 3.58. The molecule has 0 bridgehead atoms. The molecule has 1 saturated heterocycles.